The molecule has 0 aliphatic rings. The van der Waals surface area contributed by atoms with Crippen LogP contribution < -0.4 is 0 Å². The molecule has 2 heterocycles. The summed E-state index contributed by atoms with van der Waals surface area (Å²) in [6.45, 7) is 2.56. The van der Waals surface area contributed by atoms with Gasteiger partial charge in [0, 0.05) is 10.7 Å². The fourth-order valence-electron chi connectivity index (χ4n) is 2.17. The molecule has 3 aromatic rings. The van der Waals surface area contributed by atoms with E-state index in [1.54, 1.807) is 12.5 Å². The van der Waals surface area contributed by atoms with Crippen LogP contribution in [0.25, 0.3) is 11.0 Å². The fourth-order valence-corrected chi connectivity index (χ4v) is 2.68. The minimum absolute atomic E-state index is 0.164. The van der Waals surface area contributed by atoms with Gasteiger partial charge in [-0.15, -0.1) is 11.6 Å². The normalized spacial score (nSPS) is 12.8. The van der Waals surface area contributed by atoms with Crippen LogP contribution in [0.4, 0.5) is 0 Å². The Morgan fingerprint density at radius 1 is 1.35 bits per heavy atom. The molecule has 0 amide bonds. The van der Waals surface area contributed by atoms with Gasteiger partial charge in [-0.3, -0.25) is 0 Å². The Bertz CT molecular complexity index is 740. The van der Waals surface area contributed by atoms with Gasteiger partial charge in [0.05, 0.1) is 28.6 Å². The number of benzene rings is 1. The van der Waals surface area contributed by atoms with Crippen molar-refractivity contribution < 1.29 is 0 Å². The second-order valence-corrected chi connectivity index (χ2v) is 6.08. The molecule has 0 saturated heterocycles. The molecule has 1 unspecified atom stereocenters. The lowest BCUT2D eigenvalue weighted by atomic mass is 10.3. The van der Waals surface area contributed by atoms with Crippen LogP contribution in [0, 0.1) is 0 Å². The number of aromatic nitrogens is 4. The van der Waals surface area contributed by atoms with Crippen LogP contribution >= 0.6 is 27.5 Å². The van der Waals surface area contributed by atoms with E-state index in [1.165, 1.54) is 0 Å². The molecule has 6 heteroatoms. The van der Waals surface area contributed by atoms with E-state index in [1.807, 2.05) is 31.2 Å². The quantitative estimate of drug-likeness (QED) is 0.671. The van der Waals surface area contributed by atoms with E-state index < -0.39 is 0 Å². The number of alkyl halides is 1. The second-order valence-electron chi connectivity index (χ2n) is 4.51. The maximum Gasteiger partial charge on any atom is 0.128 e. The average molecular weight is 352 g/mol. The smallest absolute Gasteiger partial charge is 0.128 e. The first-order chi connectivity index (χ1) is 9.65. The predicted octanol–water partition coefficient (Wildman–Crippen LogP) is 3.94. The molecule has 1 aromatic carbocycles. The Balaban J connectivity index is 2.14. The average Bonchev–Trinajstić information content (AvgIpc) is 2.78. The summed E-state index contributed by atoms with van der Waals surface area (Å²) in [6.07, 6.45) is 3.29. The van der Waals surface area contributed by atoms with Crippen molar-refractivity contribution in [2.75, 3.05) is 0 Å². The summed E-state index contributed by atoms with van der Waals surface area (Å²) in [7, 11) is 0. The van der Waals surface area contributed by atoms with Gasteiger partial charge in [0.1, 0.15) is 12.2 Å². The Hall–Kier alpha value is -1.46. The Labute approximate surface area is 130 Å². The number of halogens is 2. The summed E-state index contributed by atoms with van der Waals surface area (Å²) in [5.74, 6) is 0.846. The number of nitrogens with zero attached hydrogens (tertiary/aromatic N) is 4. The third-order valence-corrected chi connectivity index (χ3v) is 3.75. The summed E-state index contributed by atoms with van der Waals surface area (Å²) in [5, 5.41) is -0.164. The highest BCUT2D eigenvalue weighted by Crippen LogP contribution is 2.27. The topological polar surface area (TPSA) is 43.6 Å². The van der Waals surface area contributed by atoms with Gasteiger partial charge in [-0.05, 0) is 31.2 Å². The third kappa shape index (κ3) is 2.55. The van der Waals surface area contributed by atoms with Crippen molar-refractivity contribution in [3.63, 3.8) is 0 Å². The van der Waals surface area contributed by atoms with E-state index in [-0.39, 0.29) is 5.38 Å². The lowest BCUT2D eigenvalue weighted by Gasteiger charge is -2.09. The number of rotatable bonds is 3. The number of fused-ring (bicyclic) bond motifs is 1. The summed E-state index contributed by atoms with van der Waals surface area (Å²) >= 11 is 9.73. The van der Waals surface area contributed by atoms with Crippen molar-refractivity contribution in [1.82, 2.24) is 19.5 Å². The minimum Gasteiger partial charge on any atom is -0.321 e. The van der Waals surface area contributed by atoms with Crippen molar-refractivity contribution in [3.8, 4) is 0 Å². The molecular formula is C14H12BrClN4. The van der Waals surface area contributed by atoms with Crippen LogP contribution in [-0.2, 0) is 6.54 Å². The summed E-state index contributed by atoms with van der Waals surface area (Å²) < 4.78 is 3.10. The van der Waals surface area contributed by atoms with E-state index in [0.29, 0.717) is 6.54 Å². The van der Waals surface area contributed by atoms with E-state index in [9.17, 15) is 0 Å². The van der Waals surface area contributed by atoms with Crippen LogP contribution in [0.5, 0.6) is 0 Å². The zero-order valence-electron chi connectivity index (χ0n) is 10.8. The summed E-state index contributed by atoms with van der Waals surface area (Å²) in [5.41, 5.74) is 2.91. The van der Waals surface area contributed by atoms with Gasteiger partial charge in [0.25, 0.3) is 0 Å². The third-order valence-electron chi connectivity index (χ3n) is 3.06. The number of hydrogen-bond acceptors (Lipinski definition) is 3. The highest BCUT2D eigenvalue weighted by molar-refractivity contribution is 9.10. The fraction of sp³-hybridized carbons (Fsp3) is 0.214. The monoisotopic (exact) mass is 350 g/mol. The molecule has 0 spiro atoms. The SMILES string of the molecule is CC(Cl)c1nc2cc(Br)ccc2n1Cc1ccncn1. The van der Waals surface area contributed by atoms with Crippen molar-refractivity contribution in [2.45, 2.75) is 18.8 Å². The van der Waals surface area contributed by atoms with Crippen LogP contribution in [0.15, 0.2) is 41.3 Å². The molecule has 102 valence electrons. The zero-order valence-corrected chi connectivity index (χ0v) is 13.1. The van der Waals surface area contributed by atoms with E-state index in [0.717, 1.165) is 27.0 Å². The van der Waals surface area contributed by atoms with Gasteiger partial charge in [0.2, 0.25) is 0 Å². The first kappa shape index (κ1) is 13.5. The second kappa shape index (κ2) is 5.50. The Morgan fingerprint density at radius 3 is 2.90 bits per heavy atom. The summed E-state index contributed by atoms with van der Waals surface area (Å²) in [6, 6.07) is 7.93. The van der Waals surface area contributed by atoms with Gasteiger partial charge in [0.15, 0.2) is 0 Å². The molecule has 2 aromatic heterocycles. The maximum absolute atomic E-state index is 6.26. The van der Waals surface area contributed by atoms with E-state index in [2.05, 4.69) is 35.4 Å². The first-order valence-electron chi connectivity index (χ1n) is 6.20. The molecule has 0 bridgehead atoms. The minimum atomic E-state index is -0.164. The molecule has 0 aliphatic carbocycles. The van der Waals surface area contributed by atoms with Gasteiger partial charge in [-0.25, -0.2) is 15.0 Å². The van der Waals surface area contributed by atoms with Crippen LogP contribution in [0.2, 0.25) is 0 Å². The number of imidazole rings is 1. The predicted molar refractivity (Wildman–Crippen MR) is 82.8 cm³/mol. The van der Waals surface area contributed by atoms with Crippen LogP contribution in [-0.4, -0.2) is 19.5 Å². The molecule has 1 atom stereocenters. The van der Waals surface area contributed by atoms with Crippen molar-refractivity contribution in [1.29, 1.82) is 0 Å². The standard InChI is InChI=1S/C14H12BrClN4/c1-9(16)14-19-12-6-10(15)2-3-13(12)20(14)7-11-4-5-17-8-18-11/h2-6,8-9H,7H2,1H3. The van der Waals surface area contributed by atoms with Crippen molar-refractivity contribution in [2.24, 2.45) is 0 Å². The largest absolute Gasteiger partial charge is 0.321 e. The molecule has 4 nitrogen and oxygen atoms in total. The maximum atomic E-state index is 6.26. The van der Waals surface area contributed by atoms with Crippen molar-refractivity contribution in [3.05, 3.63) is 52.8 Å². The molecule has 20 heavy (non-hydrogen) atoms. The van der Waals surface area contributed by atoms with Gasteiger partial charge < -0.3 is 4.57 Å². The van der Waals surface area contributed by atoms with Gasteiger partial charge in [-0.2, -0.15) is 0 Å². The molecule has 3 rings (SSSR count). The Morgan fingerprint density at radius 2 is 2.20 bits per heavy atom. The van der Waals surface area contributed by atoms with E-state index in [4.69, 9.17) is 11.6 Å². The van der Waals surface area contributed by atoms with Gasteiger partial charge in [-0.1, -0.05) is 15.9 Å². The van der Waals surface area contributed by atoms with Crippen molar-refractivity contribution >= 4 is 38.6 Å². The molecule has 0 aliphatic heterocycles. The first-order valence-corrected chi connectivity index (χ1v) is 7.43. The zero-order chi connectivity index (χ0) is 14.1. The molecule has 0 saturated carbocycles. The Kier molecular flexibility index (Phi) is 3.72. The highest BCUT2D eigenvalue weighted by atomic mass is 79.9. The highest BCUT2D eigenvalue weighted by Gasteiger charge is 2.15. The molecule has 0 fully saturated rings. The number of hydrogen-bond donors (Lipinski definition) is 0. The lowest BCUT2D eigenvalue weighted by molar-refractivity contribution is 0.725. The van der Waals surface area contributed by atoms with Crippen LogP contribution in [0.1, 0.15) is 23.8 Å². The van der Waals surface area contributed by atoms with Gasteiger partial charge >= 0.3 is 0 Å². The van der Waals surface area contributed by atoms with Crippen LogP contribution in [0.3, 0.4) is 0 Å². The lowest BCUT2D eigenvalue weighted by Crippen LogP contribution is -2.07. The molecule has 0 radical (unpaired) electrons. The molecule has 0 N–H and O–H groups in total. The van der Waals surface area contributed by atoms with E-state index >= 15 is 0 Å². The summed E-state index contributed by atoms with van der Waals surface area (Å²) in [4.78, 5) is 12.8. The molecular weight excluding hydrogens is 340 g/mol.